The summed E-state index contributed by atoms with van der Waals surface area (Å²) in [5.74, 6) is 2.16. The lowest BCUT2D eigenvalue weighted by atomic mass is 10.1. The van der Waals surface area contributed by atoms with E-state index < -0.39 is 6.04 Å². The van der Waals surface area contributed by atoms with Crippen molar-refractivity contribution in [3.8, 4) is 0 Å². The second-order valence-corrected chi connectivity index (χ2v) is 8.48. The fourth-order valence-electron chi connectivity index (χ4n) is 4.36. The van der Waals surface area contributed by atoms with E-state index in [2.05, 4.69) is 43.6 Å². The number of nitrogens with one attached hydrogen (secondary N) is 1. The topological polar surface area (TPSA) is 91.1 Å². The molecule has 0 amide bonds. The first-order valence-electron chi connectivity index (χ1n) is 12.6. The van der Waals surface area contributed by atoms with E-state index in [0.717, 1.165) is 38.2 Å². The van der Waals surface area contributed by atoms with Crippen LogP contribution in [0.1, 0.15) is 33.1 Å². The van der Waals surface area contributed by atoms with Gasteiger partial charge in [0.05, 0.1) is 6.34 Å². The molecule has 9 nitrogen and oxygen atoms in total. The van der Waals surface area contributed by atoms with Crippen LogP contribution in [0.15, 0.2) is 68.6 Å². The van der Waals surface area contributed by atoms with Gasteiger partial charge in [-0.3, -0.25) is 14.7 Å². The van der Waals surface area contributed by atoms with Crippen molar-refractivity contribution in [1.82, 2.24) is 15.1 Å². The van der Waals surface area contributed by atoms with Crippen LogP contribution in [0.4, 0.5) is 0 Å². The van der Waals surface area contributed by atoms with Gasteiger partial charge in [0.15, 0.2) is 18.4 Å². The maximum atomic E-state index is 12.8. The monoisotopic (exact) mass is 494 g/mol. The molecule has 3 aliphatic heterocycles. The molecule has 0 aromatic carbocycles. The number of Topliss-reactive ketones (excluding diaryl/α,β-unsaturated/α-hetero) is 1. The molecule has 0 aromatic heterocycles. The summed E-state index contributed by atoms with van der Waals surface area (Å²) in [6, 6.07) is -0.428. The summed E-state index contributed by atoms with van der Waals surface area (Å²) < 4.78 is 11.1. The van der Waals surface area contributed by atoms with Crippen LogP contribution >= 0.6 is 0 Å². The van der Waals surface area contributed by atoms with E-state index in [0.29, 0.717) is 37.1 Å². The Morgan fingerprint density at radius 1 is 1.33 bits per heavy atom. The summed E-state index contributed by atoms with van der Waals surface area (Å²) in [6.07, 6.45) is 11.7. The lowest BCUT2D eigenvalue weighted by molar-refractivity contribution is -0.119. The fraction of sp³-hybridized carbons (Fsp3) is 0.519. The van der Waals surface area contributed by atoms with Crippen molar-refractivity contribution in [1.29, 1.82) is 0 Å². The van der Waals surface area contributed by atoms with E-state index in [1.54, 1.807) is 30.4 Å². The highest BCUT2D eigenvalue weighted by atomic mass is 16.7. The van der Waals surface area contributed by atoms with E-state index in [-0.39, 0.29) is 11.9 Å². The molecule has 36 heavy (non-hydrogen) atoms. The van der Waals surface area contributed by atoms with Gasteiger partial charge in [0, 0.05) is 52.8 Å². The number of ether oxygens (including phenoxy) is 2. The summed E-state index contributed by atoms with van der Waals surface area (Å²) in [6.45, 7) is 11.2. The highest BCUT2D eigenvalue weighted by molar-refractivity contribution is 6.10. The lowest BCUT2D eigenvalue weighted by Gasteiger charge is -2.23. The normalized spacial score (nSPS) is 23.8. The van der Waals surface area contributed by atoms with Gasteiger partial charge in [-0.25, -0.2) is 9.98 Å². The van der Waals surface area contributed by atoms with Crippen LogP contribution in [0.3, 0.4) is 0 Å². The number of allylic oxidation sites excluding steroid dienone is 2. The largest absolute Gasteiger partial charge is 0.469 e. The number of amidine groups is 2. The van der Waals surface area contributed by atoms with Gasteiger partial charge in [-0.15, -0.1) is 0 Å². The van der Waals surface area contributed by atoms with Crippen LogP contribution in [0, 0.1) is 0 Å². The van der Waals surface area contributed by atoms with Crippen LogP contribution in [0.5, 0.6) is 0 Å². The average molecular weight is 495 g/mol. The average Bonchev–Trinajstić information content (AvgIpc) is 3.36. The number of aliphatic imine (C=N–C) groups is 3. The van der Waals surface area contributed by atoms with Crippen molar-refractivity contribution in [2.24, 2.45) is 15.0 Å². The molecule has 3 heterocycles. The number of likely N-dealkylation sites (N-methyl/N-ethyl adjacent to an activating group) is 1. The lowest BCUT2D eigenvalue weighted by Crippen LogP contribution is -2.39. The number of hydrogen-bond donors (Lipinski definition) is 1. The smallest absolute Gasteiger partial charge is 0.189 e. The molecular weight excluding hydrogens is 456 g/mol. The Bertz CT molecular complexity index is 1030. The number of ketones is 1. The zero-order valence-corrected chi connectivity index (χ0v) is 21.9. The molecule has 4 rings (SSSR count). The standard InChI is InChI=1S/C25H32N6O3.C2H6/c1-4-23-28-19(7-10-24(29-23)30(3)16-26-2)25-20(32)11-13-31(25)14-12-27-15-18-5-8-21-22(9-6-18)34-17-33-21;1-2/h4-5,8,10,16,22,25,27H,1,6,9,11-15,17H2,2-3H3;1-2H3. The molecular formula is C27H38N6O3. The van der Waals surface area contributed by atoms with Gasteiger partial charge in [-0.05, 0) is 25.0 Å². The molecule has 2 unspecified atom stereocenters. The Balaban J connectivity index is 0.00000176. The van der Waals surface area contributed by atoms with E-state index in [1.807, 2.05) is 27.0 Å². The number of likely N-dealkylation sites (tertiary alicyclic amines) is 1. The Morgan fingerprint density at radius 3 is 2.94 bits per heavy atom. The van der Waals surface area contributed by atoms with Gasteiger partial charge < -0.3 is 19.7 Å². The van der Waals surface area contributed by atoms with E-state index in [1.165, 1.54) is 5.57 Å². The molecule has 9 heteroatoms. The van der Waals surface area contributed by atoms with E-state index in [4.69, 9.17) is 9.47 Å². The van der Waals surface area contributed by atoms with Crippen molar-refractivity contribution < 1.29 is 14.3 Å². The van der Waals surface area contributed by atoms with Gasteiger partial charge in [0.2, 0.25) is 0 Å². The summed E-state index contributed by atoms with van der Waals surface area (Å²) in [4.78, 5) is 29.9. The van der Waals surface area contributed by atoms with Crippen molar-refractivity contribution >= 4 is 23.8 Å². The maximum Gasteiger partial charge on any atom is 0.189 e. The van der Waals surface area contributed by atoms with Crippen molar-refractivity contribution in [2.45, 2.75) is 45.3 Å². The Morgan fingerprint density at radius 2 is 2.17 bits per heavy atom. The highest BCUT2D eigenvalue weighted by Gasteiger charge is 2.35. The Labute approximate surface area is 214 Å². The van der Waals surface area contributed by atoms with Crippen LogP contribution < -0.4 is 5.32 Å². The van der Waals surface area contributed by atoms with Crippen molar-refractivity contribution in [3.63, 3.8) is 0 Å². The molecule has 1 N–H and O–H groups in total. The van der Waals surface area contributed by atoms with Crippen LogP contribution in [0.25, 0.3) is 0 Å². The third-order valence-corrected chi connectivity index (χ3v) is 6.17. The molecule has 194 valence electrons. The van der Waals surface area contributed by atoms with Gasteiger partial charge in [-0.1, -0.05) is 37.8 Å². The van der Waals surface area contributed by atoms with E-state index >= 15 is 0 Å². The second-order valence-electron chi connectivity index (χ2n) is 8.48. The predicted molar refractivity (Wildman–Crippen MR) is 144 cm³/mol. The molecule has 2 saturated heterocycles. The molecule has 2 atom stereocenters. The van der Waals surface area contributed by atoms with Gasteiger partial charge in [0.25, 0.3) is 0 Å². The Kier molecular flexibility index (Phi) is 10.6. The first-order chi connectivity index (χ1) is 17.6. The van der Waals surface area contributed by atoms with Crippen molar-refractivity contribution in [2.75, 3.05) is 47.1 Å². The third-order valence-electron chi connectivity index (χ3n) is 6.17. The minimum Gasteiger partial charge on any atom is -0.469 e. The Hall–Kier alpha value is -3.10. The van der Waals surface area contributed by atoms with E-state index in [9.17, 15) is 4.79 Å². The molecule has 0 bridgehead atoms. The van der Waals surface area contributed by atoms with Crippen LogP contribution in [0.2, 0.25) is 0 Å². The quantitative estimate of drug-likeness (QED) is 0.242. The third kappa shape index (κ3) is 6.98. The number of fused-ring (bicyclic) bond motifs is 1. The summed E-state index contributed by atoms with van der Waals surface area (Å²) in [7, 11) is 3.54. The first-order valence-corrected chi connectivity index (χ1v) is 12.6. The summed E-state index contributed by atoms with van der Waals surface area (Å²) in [5.41, 5.74) is 5.10. The predicted octanol–water partition coefficient (Wildman–Crippen LogP) is 2.85. The van der Waals surface area contributed by atoms with Crippen LogP contribution in [-0.4, -0.2) is 92.8 Å². The fourth-order valence-corrected chi connectivity index (χ4v) is 4.36. The maximum absolute atomic E-state index is 12.8. The summed E-state index contributed by atoms with van der Waals surface area (Å²) in [5, 5.41) is 3.52. The number of nitrogens with zero attached hydrogens (tertiary/aromatic N) is 5. The second kappa shape index (κ2) is 13.8. The highest BCUT2D eigenvalue weighted by Crippen LogP contribution is 2.26. The van der Waals surface area contributed by atoms with Crippen LogP contribution in [-0.2, 0) is 14.3 Å². The molecule has 0 aromatic rings. The van der Waals surface area contributed by atoms with Gasteiger partial charge in [0.1, 0.15) is 29.4 Å². The number of hydrogen-bond acceptors (Lipinski definition) is 8. The minimum absolute atomic E-state index is 0.0885. The SMILES string of the molecule is C=CC1=NC(C2C(=O)CCN2CCNCC2=CC=C3OCOC3CC2)=C=CC(N(C)C=NC)=N1.CC. The molecule has 1 aliphatic carbocycles. The zero-order valence-electron chi connectivity index (χ0n) is 21.9. The molecule has 2 fully saturated rings. The number of carbonyl (C=O) groups excluding carboxylic acids is 1. The molecule has 4 aliphatic rings. The van der Waals surface area contributed by atoms with Gasteiger partial charge in [-0.2, -0.15) is 0 Å². The molecule has 0 saturated carbocycles. The first kappa shape index (κ1) is 27.5. The zero-order chi connectivity index (χ0) is 25.9. The number of rotatable bonds is 8. The van der Waals surface area contributed by atoms with Crippen molar-refractivity contribution in [3.05, 3.63) is 53.6 Å². The molecule has 0 spiro atoms. The summed E-state index contributed by atoms with van der Waals surface area (Å²) >= 11 is 0. The number of carbonyl (C=O) groups is 1. The molecule has 0 radical (unpaired) electrons. The van der Waals surface area contributed by atoms with Gasteiger partial charge >= 0.3 is 0 Å². The minimum atomic E-state index is -0.428.